The summed E-state index contributed by atoms with van der Waals surface area (Å²) in [5.41, 5.74) is 4.55. The van der Waals surface area contributed by atoms with Gasteiger partial charge in [-0.1, -0.05) is 66.2 Å². The van der Waals surface area contributed by atoms with Gasteiger partial charge in [0.15, 0.2) is 0 Å². The molecule has 0 radical (unpaired) electrons. The monoisotopic (exact) mass is 236 g/mol. The Morgan fingerprint density at radius 3 is 2.44 bits per heavy atom. The zero-order chi connectivity index (χ0) is 12.5. The van der Waals surface area contributed by atoms with Crippen LogP contribution >= 0.6 is 0 Å². The fraction of sp³-hybridized carbons (Fsp3) is 0.176. The summed E-state index contributed by atoms with van der Waals surface area (Å²) in [7, 11) is 0. The largest absolute Gasteiger partial charge is 0.387 e. The average molecular weight is 236 g/mol. The third kappa shape index (κ3) is 1.87. The van der Waals surface area contributed by atoms with E-state index >= 15 is 0 Å². The second-order valence-corrected chi connectivity index (χ2v) is 4.87. The molecule has 0 spiro atoms. The van der Waals surface area contributed by atoms with Crippen LogP contribution in [0.15, 0.2) is 54.6 Å². The molecule has 1 heteroatoms. The molecule has 0 fully saturated rings. The Morgan fingerprint density at radius 1 is 0.944 bits per heavy atom. The third-order valence-electron chi connectivity index (χ3n) is 3.60. The number of aryl methyl sites for hydroxylation is 1. The highest BCUT2D eigenvalue weighted by Gasteiger charge is 2.24. The van der Waals surface area contributed by atoms with E-state index in [-0.39, 0.29) is 5.92 Å². The minimum absolute atomic E-state index is 0.0560. The van der Waals surface area contributed by atoms with E-state index in [2.05, 4.69) is 43.3 Å². The van der Waals surface area contributed by atoms with E-state index in [0.29, 0.717) is 0 Å². The molecule has 2 unspecified atom stereocenters. The Morgan fingerprint density at radius 2 is 1.67 bits per heavy atom. The van der Waals surface area contributed by atoms with E-state index in [1.165, 1.54) is 11.1 Å². The molecule has 2 aromatic rings. The van der Waals surface area contributed by atoms with Gasteiger partial charge < -0.3 is 5.11 Å². The normalized spacial score (nSPS) is 21.7. The van der Waals surface area contributed by atoms with E-state index in [1.54, 1.807) is 0 Å². The van der Waals surface area contributed by atoms with Crippen molar-refractivity contribution in [2.24, 2.45) is 0 Å². The van der Waals surface area contributed by atoms with Gasteiger partial charge in [0, 0.05) is 5.92 Å². The molecule has 0 aliphatic heterocycles. The zero-order valence-electron chi connectivity index (χ0n) is 10.4. The minimum atomic E-state index is -0.450. The Hall–Kier alpha value is -1.86. The molecule has 3 rings (SSSR count). The van der Waals surface area contributed by atoms with Crippen LogP contribution in [0.2, 0.25) is 0 Å². The van der Waals surface area contributed by atoms with Crippen LogP contribution in [0.3, 0.4) is 0 Å². The summed E-state index contributed by atoms with van der Waals surface area (Å²) in [6.07, 6.45) is 3.75. The van der Waals surface area contributed by atoms with Crippen molar-refractivity contribution in [1.82, 2.24) is 0 Å². The molecule has 0 amide bonds. The van der Waals surface area contributed by atoms with Crippen molar-refractivity contribution in [3.05, 3.63) is 76.9 Å². The fourth-order valence-electron chi connectivity index (χ4n) is 2.52. The van der Waals surface area contributed by atoms with Crippen molar-refractivity contribution in [3.63, 3.8) is 0 Å². The molecule has 2 aromatic carbocycles. The lowest BCUT2D eigenvalue weighted by atomic mass is 9.82. The molecule has 1 aliphatic carbocycles. The highest BCUT2D eigenvalue weighted by Crippen LogP contribution is 2.38. The molecular weight excluding hydrogens is 220 g/mol. The van der Waals surface area contributed by atoms with Crippen LogP contribution in [0.1, 0.15) is 34.3 Å². The Labute approximate surface area is 107 Å². The van der Waals surface area contributed by atoms with Gasteiger partial charge in [0.1, 0.15) is 0 Å². The zero-order valence-corrected chi connectivity index (χ0v) is 10.4. The first-order valence-corrected chi connectivity index (χ1v) is 6.27. The molecule has 1 nitrogen and oxygen atoms in total. The van der Waals surface area contributed by atoms with Crippen molar-refractivity contribution < 1.29 is 5.11 Å². The standard InChI is InChI=1S/C17H16O/c1-12-6-8-14(9-7-12)16-11-10-13-4-2-3-5-15(13)17(16)18/h2-11,16-18H,1H3. The van der Waals surface area contributed by atoms with Crippen LogP contribution in [0, 0.1) is 6.92 Å². The number of rotatable bonds is 1. The number of fused-ring (bicyclic) bond motifs is 1. The average Bonchev–Trinajstić information content (AvgIpc) is 2.41. The molecule has 18 heavy (non-hydrogen) atoms. The van der Waals surface area contributed by atoms with E-state index in [0.717, 1.165) is 11.1 Å². The number of hydrogen-bond acceptors (Lipinski definition) is 1. The molecule has 0 saturated heterocycles. The van der Waals surface area contributed by atoms with Crippen molar-refractivity contribution in [2.45, 2.75) is 18.9 Å². The first-order chi connectivity index (χ1) is 8.75. The van der Waals surface area contributed by atoms with E-state index in [1.807, 2.05) is 24.3 Å². The predicted molar refractivity (Wildman–Crippen MR) is 74.4 cm³/mol. The first-order valence-electron chi connectivity index (χ1n) is 6.27. The summed E-state index contributed by atoms with van der Waals surface area (Å²) in [5.74, 6) is 0.0560. The first kappa shape index (κ1) is 11.2. The smallest absolute Gasteiger partial charge is 0.0899 e. The van der Waals surface area contributed by atoms with Crippen LogP contribution in [-0.2, 0) is 0 Å². The molecule has 0 bridgehead atoms. The second-order valence-electron chi connectivity index (χ2n) is 4.87. The van der Waals surface area contributed by atoms with Gasteiger partial charge >= 0.3 is 0 Å². The van der Waals surface area contributed by atoms with Gasteiger partial charge in [-0.05, 0) is 23.6 Å². The molecule has 2 atom stereocenters. The summed E-state index contributed by atoms with van der Waals surface area (Å²) in [4.78, 5) is 0. The Bertz CT molecular complexity index is 581. The molecule has 90 valence electrons. The lowest BCUT2D eigenvalue weighted by Gasteiger charge is -2.26. The van der Waals surface area contributed by atoms with Crippen molar-refractivity contribution in [2.75, 3.05) is 0 Å². The number of benzene rings is 2. The molecular formula is C17H16O. The highest BCUT2D eigenvalue weighted by molar-refractivity contribution is 5.59. The maximum absolute atomic E-state index is 10.5. The van der Waals surface area contributed by atoms with Crippen molar-refractivity contribution >= 4 is 6.08 Å². The number of aliphatic hydroxyl groups is 1. The quantitative estimate of drug-likeness (QED) is 0.797. The van der Waals surface area contributed by atoms with Gasteiger partial charge in [-0.2, -0.15) is 0 Å². The maximum Gasteiger partial charge on any atom is 0.0899 e. The number of hydrogen-bond donors (Lipinski definition) is 1. The van der Waals surface area contributed by atoms with Crippen LogP contribution in [0.25, 0.3) is 6.08 Å². The van der Waals surface area contributed by atoms with Gasteiger partial charge in [-0.15, -0.1) is 0 Å². The van der Waals surface area contributed by atoms with Crippen molar-refractivity contribution in [1.29, 1.82) is 0 Å². The van der Waals surface area contributed by atoms with Gasteiger partial charge in [0.25, 0.3) is 0 Å². The van der Waals surface area contributed by atoms with Crippen molar-refractivity contribution in [3.8, 4) is 0 Å². The molecule has 0 heterocycles. The summed E-state index contributed by atoms with van der Waals surface area (Å²) >= 11 is 0. The topological polar surface area (TPSA) is 20.2 Å². The Balaban J connectivity index is 2.00. The van der Waals surface area contributed by atoms with E-state index in [4.69, 9.17) is 0 Å². The molecule has 0 saturated carbocycles. The maximum atomic E-state index is 10.5. The summed E-state index contributed by atoms with van der Waals surface area (Å²) < 4.78 is 0. The van der Waals surface area contributed by atoms with Gasteiger partial charge in [-0.25, -0.2) is 0 Å². The van der Waals surface area contributed by atoms with Crippen LogP contribution in [-0.4, -0.2) is 5.11 Å². The lowest BCUT2D eigenvalue weighted by molar-refractivity contribution is 0.160. The second kappa shape index (κ2) is 4.43. The summed E-state index contributed by atoms with van der Waals surface area (Å²) in [6.45, 7) is 2.08. The molecule has 1 aliphatic rings. The lowest BCUT2D eigenvalue weighted by Crippen LogP contribution is -2.13. The van der Waals surface area contributed by atoms with E-state index < -0.39 is 6.10 Å². The van der Waals surface area contributed by atoms with Gasteiger partial charge in [0.2, 0.25) is 0 Å². The van der Waals surface area contributed by atoms with E-state index in [9.17, 15) is 5.11 Å². The van der Waals surface area contributed by atoms with Crippen LogP contribution < -0.4 is 0 Å². The number of aliphatic hydroxyl groups excluding tert-OH is 1. The summed E-state index contributed by atoms with van der Waals surface area (Å²) in [5, 5.41) is 10.5. The molecule has 1 N–H and O–H groups in total. The highest BCUT2D eigenvalue weighted by atomic mass is 16.3. The Kier molecular flexibility index (Phi) is 2.77. The molecule has 0 aromatic heterocycles. The van der Waals surface area contributed by atoms with Gasteiger partial charge in [0.05, 0.1) is 6.10 Å². The van der Waals surface area contributed by atoms with Gasteiger partial charge in [-0.3, -0.25) is 0 Å². The fourth-order valence-corrected chi connectivity index (χ4v) is 2.52. The van der Waals surface area contributed by atoms with Crippen LogP contribution in [0.5, 0.6) is 0 Å². The summed E-state index contributed by atoms with van der Waals surface area (Å²) in [6, 6.07) is 16.4. The van der Waals surface area contributed by atoms with Crippen LogP contribution in [0.4, 0.5) is 0 Å². The third-order valence-corrected chi connectivity index (χ3v) is 3.60. The predicted octanol–water partition coefficient (Wildman–Crippen LogP) is 3.84. The SMILES string of the molecule is Cc1ccc(C2C=Cc3ccccc3C2O)cc1. The minimum Gasteiger partial charge on any atom is -0.387 e.